The minimum absolute atomic E-state index is 0.170. The number of aryl methyl sites for hydroxylation is 2. The first-order valence-electron chi connectivity index (χ1n) is 10.2. The van der Waals surface area contributed by atoms with Gasteiger partial charge < -0.3 is 4.98 Å². The highest BCUT2D eigenvalue weighted by atomic mass is 32.2. The van der Waals surface area contributed by atoms with Gasteiger partial charge in [-0.25, -0.2) is 8.42 Å². The number of nitrogens with one attached hydrogen (secondary N) is 2. The average Bonchev–Trinajstić information content (AvgIpc) is 2.71. The van der Waals surface area contributed by atoms with Crippen molar-refractivity contribution in [1.82, 2.24) is 9.97 Å². The fraction of sp³-hybridized carbons (Fsp3) is 0.292. The standard InChI is InChI=1S/C24H26N4O3S/c1-24(2,3)17-12-16(7-8-18-9-10-19(15-27-18)28-32(4,30)31)22(14-25)21(13-17)20-6-5-11-26-23(20)29/h5-6,9-13,15,28H,7-8H2,1-4H3,(H,26,29). The van der Waals surface area contributed by atoms with Gasteiger partial charge in [0.2, 0.25) is 10.0 Å². The number of pyridine rings is 2. The van der Waals surface area contributed by atoms with E-state index in [-0.39, 0.29) is 11.0 Å². The first-order chi connectivity index (χ1) is 15.0. The van der Waals surface area contributed by atoms with E-state index in [1.165, 1.54) is 6.20 Å². The van der Waals surface area contributed by atoms with Crippen LogP contribution in [0.3, 0.4) is 0 Å². The maximum atomic E-state index is 12.4. The normalized spacial score (nSPS) is 11.7. The molecule has 2 heterocycles. The number of nitriles is 1. The average molecular weight is 451 g/mol. The van der Waals surface area contributed by atoms with Crippen molar-refractivity contribution < 1.29 is 8.42 Å². The quantitative estimate of drug-likeness (QED) is 0.593. The zero-order valence-corrected chi connectivity index (χ0v) is 19.4. The molecule has 0 aliphatic heterocycles. The molecule has 0 unspecified atom stereocenters. The summed E-state index contributed by atoms with van der Waals surface area (Å²) >= 11 is 0. The first kappa shape index (κ1) is 23.2. The summed E-state index contributed by atoms with van der Waals surface area (Å²) in [5, 5.41) is 9.94. The molecular weight excluding hydrogens is 424 g/mol. The van der Waals surface area contributed by atoms with Crippen molar-refractivity contribution in [2.45, 2.75) is 39.0 Å². The molecule has 1 aromatic carbocycles. The van der Waals surface area contributed by atoms with Gasteiger partial charge in [0.1, 0.15) is 6.07 Å². The molecule has 0 fully saturated rings. The van der Waals surface area contributed by atoms with E-state index in [4.69, 9.17) is 0 Å². The Balaban J connectivity index is 1.99. The smallest absolute Gasteiger partial charge is 0.255 e. The molecule has 32 heavy (non-hydrogen) atoms. The first-order valence-corrected chi connectivity index (χ1v) is 12.1. The zero-order valence-electron chi connectivity index (χ0n) is 18.6. The maximum Gasteiger partial charge on any atom is 0.255 e. The summed E-state index contributed by atoms with van der Waals surface area (Å²) in [6.07, 6.45) is 5.24. The third kappa shape index (κ3) is 5.62. The van der Waals surface area contributed by atoms with Crippen LogP contribution in [0.15, 0.2) is 53.6 Å². The summed E-state index contributed by atoms with van der Waals surface area (Å²) in [7, 11) is -3.36. The van der Waals surface area contributed by atoms with Gasteiger partial charge in [0.15, 0.2) is 0 Å². The van der Waals surface area contributed by atoms with E-state index in [1.807, 2.05) is 12.1 Å². The number of hydrogen-bond acceptors (Lipinski definition) is 5. The van der Waals surface area contributed by atoms with Gasteiger partial charge in [-0.15, -0.1) is 0 Å². The molecule has 166 valence electrons. The zero-order chi connectivity index (χ0) is 23.5. The Kier molecular flexibility index (Phi) is 6.51. The van der Waals surface area contributed by atoms with E-state index < -0.39 is 10.0 Å². The van der Waals surface area contributed by atoms with Crippen LogP contribution in [0.5, 0.6) is 0 Å². The molecule has 3 aromatic rings. The van der Waals surface area contributed by atoms with E-state index in [0.29, 0.717) is 35.2 Å². The number of aromatic amines is 1. The van der Waals surface area contributed by atoms with Crippen LogP contribution in [-0.4, -0.2) is 24.6 Å². The molecule has 0 radical (unpaired) electrons. The van der Waals surface area contributed by atoms with Crippen LogP contribution < -0.4 is 10.3 Å². The lowest BCUT2D eigenvalue weighted by Crippen LogP contribution is -2.15. The minimum Gasteiger partial charge on any atom is -0.329 e. The fourth-order valence-corrected chi connectivity index (χ4v) is 3.97. The van der Waals surface area contributed by atoms with Crippen LogP contribution >= 0.6 is 0 Å². The van der Waals surface area contributed by atoms with Crippen LogP contribution in [0.1, 0.15) is 43.2 Å². The van der Waals surface area contributed by atoms with Gasteiger partial charge in [0, 0.05) is 23.0 Å². The Morgan fingerprint density at radius 1 is 1.12 bits per heavy atom. The number of aromatic nitrogens is 2. The van der Waals surface area contributed by atoms with Gasteiger partial charge in [-0.1, -0.05) is 26.8 Å². The SMILES string of the molecule is CC(C)(C)c1cc(CCc2ccc(NS(C)(=O)=O)cn2)c(C#N)c(-c2ccc[nH]c2=O)c1. The number of rotatable bonds is 6. The predicted octanol–water partition coefficient (Wildman–Crippen LogP) is 3.76. The maximum absolute atomic E-state index is 12.4. The van der Waals surface area contributed by atoms with E-state index in [1.54, 1.807) is 30.5 Å². The highest BCUT2D eigenvalue weighted by Gasteiger charge is 2.21. The van der Waals surface area contributed by atoms with Gasteiger partial charge >= 0.3 is 0 Å². The van der Waals surface area contributed by atoms with Gasteiger partial charge in [-0.2, -0.15) is 5.26 Å². The second kappa shape index (κ2) is 8.97. The number of hydrogen-bond donors (Lipinski definition) is 2. The highest BCUT2D eigenvalue weighted by molar-refractivity contribution is 7.92. The molecule has 0 saturated carbocycles. The van der Waals surface area contributed by atoms with Crippen LogP contribution in [0.4, 0.5) is 5.69 Å². The van der Waals surface area contributed by atoms with Crippen molar-refractivity contribution in [3.63, 3.8) is 0 Å². The second-order valence-electron chi connectivity index (χ2n) is 8.75. The molecule has 2 N–H and O–H groups in total. The summed E-state index contributed by atoms with van der Waals surface area (Å²) in [5.41, 5.74) is 4.20. The Morgan fingerprint density at radius 3 is 2.44 bits per heavy atom. The van der Waals surface area contributed by atoms with E-state index in [2.05, 4.69) is 41.5 Å². The Bertz CT molecular complexity index is 1330. The molecule has 8 heteroatoms. The van der Waals surface area contributed by atoms with Crippen molar-refractivity contribution in [3.8, 4) is 17.2 Å². The summed E-state index contributed by atoms with van der Waals surface area (Å²) in [5.74, 6) is 0. The lowest BCUT2D eigenvalue weighted by Gasteiger charge is -2.22. The van der Waals surface area contributed by atoms with Crippen molar-refractivity contribution in [2.24, 2.45) is 0 Å². The van der Waals surface area contributed by atoms with Crippen molar-refractivity contribution in [1.29, 1.82) is 5.26 Å². The molecule has 2 aromatic heterocycles. The fourth-order valence-electron chi connectivity index (χ4n) is 3.42. The second-order valence-corrected chi connectivity index (χ2v) is 10.5. The molecule has 0 amide bonds. The minimum atomic E-state index is -3.36. The van der Waals surface area contributed by atoms with Crippen molar-refractivity contribution in [3.05, 3.63) is 81.5 Å². The number of nitrogens with zero attached hydrogens (tertiary/aromatic N) is 2. The summed E-state index contributed by atoms with van der Waals surface area (Å²) < 4.78 is 25.1. The molecule has 0 atom stereocenters. The molecule has 3 rings (SSSR count). The largest absolute Gasteiger partial charge is 0.329 e. The number of anilines is 1. The summed E-state index contributed by atoms with van der Waals surface area (Å²) in [4.78, 5) is 19.5. The van der Waals surface area contributed by atoms with E-state index in [0.717, 1.165) is 23.1 Å². The van der Waals surface area contributed by atoms with Crippen molar-refractivity contribution in [2.75, 3.05) is 11.0 Å². The predicted molar refractivity (Wildman–Crippen MR) is 126 cm³/mol. The number of sulfonamides is 1. The lowest BCUT2D eigenvalue weighted by molar-refractivity contribution is 0.589. The Hall–Kier alpha value is -3.44. The van der Waals surface area contributed by atoms with Crippen LogP contribution in [0, 0.1) is 11.3 Å². The highest BCUT2D eigenvalue weighted by Crippen LogP contribution is 2.32. The Morgan fingerprint density at radius 2 is 1.88 bits per heavy atom. The summed E-state index contributed by atoms with van der Waals surface area (Å²) in [6.45, 7) is 6.27. The molecule has 0 aliphatic carbocycles. The number of H-pyrrole nitrogens is 1. The molecule has 7 nitrogen and oxygen atoms in total. The van der Waals surface area contributed by atoms with Gasteiger partial charge in [0.25, 0.3) is 5.56 Å². The molecule has 0 bridgehead atoms. The third-order valence-corrected chi connectivity index (χ3v) is 5.69. The Labute approximate surface area is 188 Å². The topological polar surface area (TPSA) is 116 Å². The third-order valence-electron chi connectivity index (χ3n) is 5.08. The molecule has 0 aliphatic rings. The lowest BCUT2D eigenvalue weighted by atomic mass is 9.81. The number of benzene rings is 1. The van der Waals surface area contributed by atoms with Crippen LogP contribution in [0.2, 0.25) is 0 Å². The monoisotopic (exact) mass is 450 g/mol. The molecule has 0 saturated heterocycles. The van der Waals surface area contributed by atoms with E-state index in [9.17, 15) is 18.5 Å². The van der Waals surface area contributed by atoms with Gasteiger partial charge in [-0.3, -0.25) is 14.5 Å². The van der Waals surface area contributed by atoms with Gasteiger partial charge in [-0.05, 0) is 59.7 Å². The van der Waals surface area contributed by atoms with Gasteiger partial charge in [0.05, 0.1) is 23.7 Å². The van der Waals surface area contributed by atoms with Crippen LogP contribution in [0.25, 0.3) is 11.1 Å². The molecular formula is C24H26N4O3S. The van der Waals surface area contributed by atoms with Crippen LogP contribution in [-0.2, 0) is 28.3 Å². The summed E-state index contributed by atoms with van der Waals surface area (Å²) in [6, 6.07) is 13.1. The molecule has 0 spiro atoms. The van der Waals surface area contributed by atoms with Crippen molar-refractivity contribution >= 4 is 15.7 Å². The van der Waals surface area contributed by atoms with E-state index >= 15 is 0 Å².